The van der Waals surface area contributed by atoms with E-state index in [4.69, 9.17) is 16.3 Å². The van der Waals surface area contributed by atoms with Gasteiger partial charge in [-0.3, -0.25) is 19.7 Å². The number of piperidine rings is 1. The lowest BCUT2D eigenvalue weighted by molar-refractivity contribution is -0.384. The van der Waals surface area contributed by atoms with Crippen molar-refractivity contribution in [3.05, 3.63) is 57.2 Å². The summed E-state index contributed by atoms with van der Waals surface area (Å²) >= 11 is 5.73. The summed E-state index contributed by atoms with van der Waals surface area (Å²) in [4.78, 5) is 40.3. The van der Waals surface area contributed by atoms with Gasteiger partial charge in [-0.2, -0.15) is 13.2 Å². The summed E-state index contributed by atoms with van der Waals surface area (Å²) in [7, 11) is 0. The molecule has 1 aromatic carbocycles. The molecule has 176 valence electrons. The van der Waals surface area contributed by atoms with Gasteiger partial charge in [-0.05, 0) is 25.0 Å². The van der Waals surface area contributed by atoms with Crippen LogP contribution in [0, 0.1) is 16.0 Å². The second kappa shape index (κ2) is 10.0. The molecule has 1 saturated heterocycles. The van der Waals surface area contributed by atoms with Crippen molar-refractivity contribution < 1.29 is 32.4 Å². The van der Waals surface area contributed by atoms with Gasteiger partial charge in [0, 0.05) is 25.4 Å². The minimum absolute atomic E-state index is 0.0225. The van der Waals surface area contributed by atoms with Crippen molar-refractivity contribution in [1.29, 1.82) is 0 Å². The lowest BCUT2D eigenvalue weighted by atomic mass is 9.96. The number of halogens is 4. The van der Waals surface area contributed by atoms with Crippen LogP contribution in [0.4, 0.5) is 30.4 Å². The molecule has 9 nitrogen and oxygen atoms in total. The van der Waals surface area contributed by atoms with E-state index >= 15 is 0 Å². The van der Waals surface area contributed by atoms with Gasteiger partial charge in [0.15, 0.2) is 12.4 Å². The normalized spacial score (nSPS) is 14.6. The first kappa shape index (κ1) is 24.2. The van der Waals surface area contributed by atoms with Crippen LogP contribution in [-0.2, 0) is 20.5 Å². The van der Waals surface area contributed by atoms with Crippen LogP contribution >= 0.6 is 11.6 Å². The number of carbonyl (C=O) groups is 2. The topological polar surface area (TPSA) is 115 Å². The van der Waals surface area contributed by atoms with Gasteiger partial charge in [0.1, 0.15) is 5.69 Å². The zero-order valence-corrected chi connectivity index (χ0v) is 17.7. The van der Waals surface area contributed by atoms with Crippen LogP contribution in [0.2, 0.25) is 5.02 Å². The van der Waals surface area contributed by atoms with E-state index in [1.165, 1.54) is 6.07 Å². The number of nitrogens with zero attached hydrogens (tertiary/aromatic N) is 3. The maximum absolute atomic E-state index is 12.6. The molecule has 0 bridgehead atoms. The minimum atomic E-state index is -4.63. The third-order valence-electron chi connectivity index (χ3n) is 5.02. The van der Waals surface area contributed by atoms with Crippen molar-refractivity contribution in [2.75, 3.05) is 29.9 Å². The summed E-state index contributed by atoms with van der Waals surface area (Å²) in [5.41, 5.74) is -0.621. The van der Waals surface area contributed by atoms with Crippen molar-refractivity contribution in [1.82, 2.24) is 4.98 Å². The standard InChI is InChI=1S/C20H18ClF3N4O5/c21-14-9-13(20(22,23)24)10-25-18(14)26-17(29)11-33-19(30)12-5-7-27(8-6-12)15-3-1-2-4-16(15)28(31)32/h1-4,9-10,12H,5-8,11H2,(H,25,26,29). The van der Waals surface area contributed by atoms with E-state index in [1.54, 1.807) is 18.2 Å². The van der Waals surface area contributed by atoms with Gasteiger partial charge in [-0.25, -0.2) is 4.98 Å². The Bertz CT molecular complexity index is 1060. The Balaban J connectivity index is 1.49. The van der Waals surface area contributed by atoms with Crippen LogP contribution in [0.3, 0.4) is 0 Å². The average Bonchev–Trinajstić information content (AvgIpc) is 2.78. The molecule has 1 N–H and O–H groups in total. The second-order valence-corrected chi connectivity index (χ2v) is 7.62. The molecule has 0 radical (unpaired) electrons. The van der Waals surface area contributed by atoms with Crippen LogP contribution in [0.5, 0.6) is 0 Å². The van der Waals surface area contributed by atoms with E-state index in [0.29, 0.717) is 43.9 Å². The fourth-order valence-electron chi connectivity index (χ4n) is 3.35. The van der Waals surface area contributed by atoms with Gasteiger partial charge in [0.2, 0.25) is 0 Å². The SMILES string of the molecule is O=C(COC(=O)C1CCN(c2ccccc2[N+](=O)[O-])CC1)Nc1ncc(C(F)(F)F)cc1Cl. The average molecular weight is 487 g/mol. The van der Waals surface area contributed by atoms with Crippen molar-refractivity contribution in [3.8, 4) is 0 Å². The molecule has 33 heavy (non-hydrogen) atoms. The second-order valence-electron chi connectivity index (χ2n) is 7.22. The molecule has 1 fully saturated rings. The molecule has 3 rings (SSSR count). The lowest BCUT2D eigenvalue weighted by Crippen LogP contribution is -2.37. The fourth-order valence-corrected chi connectivity index (χ4v) is 3.56. The number of nitrogens with one attached hydrogen (secondary N) is 1. The van der Waals surface area contributed by atoms with E-state index in [1.807, 2.05) is 4.90 Å². The Morgan fingerprint density at radius 3 is 2.55 bits per heavy atom. The fraction of sp³-hybridized carbons (Fsp3) is 0.350. The van der Waals surface area contributed by atoms with E-state index in [-0.39, 0.29) is 11.5 Å². The number of nitro groups is 1. The molecular formula is C20H18ClF3N4O5. The van der Waals surface area contributed by atoms with Gasteiger partial charge in [-0.15, -0.1) is 0 Å². The number of amides is 1. The monoisotopic (exact) mass is 486 g/mol. The molecule has 0 spiro atoms. The number of ether oxygens (including phenoxy) is 1. The molecule has 2 aromatic rings. The number of alkyl halides is 3. The summed E-state index contributed by atoms with van der Waals surface area (Å²) in [6.45, 7) is 0.117. The Morgan fingerprint density at radius 1 is 1.27 bits per heavy atom. The summed E-state index contributed by atoms with van der Waals surface area (Å²) in [6.07, 6.45) is -3.36. The van der Waals surface area contributed by atoms with Crippen LogP contribution in [0.1, 0.15) is 18.4 Å². The summed E-state index contributed by atoms with van der Waals surface area (Å²) in [6, 6.07) is 6.94. The third kappa shape index (κ3) is 6.09. The van der Waals surface area contributed by atoms with Gasteiger partial charge >= 0.3 is 12.1 Å². The number of anilines is 2. The quantitative estimate of drug-likeness (QED) is 0.372. The number of aromatic nitrogens is 1. The molecule has 0 saturated carbocycles. The predicted molar refractivity (Wildman–Crippen MR) is 112 cm³/mol. The first-order valence-corrected chi connectivity index (χ1v) is 10.1. The highest BCUT2D eigenvalue weighted by Crippen LogP contribution is 2.33. The van der Waals surface area contributed by atoms with Gasteiger partial charge in [-0.1, -0.05) is 23.7 Å². The minimum Gasteiger partial charge on any atom is -0.455 e. The molecule has 1 aliphatic rings. The van der Waals surface area contributed by atoms with Crippen molar-refractivity contribution in [2.24, 2.45) is 5.92 Å². The molecule has 1 aromatic heterocycles. The number of rotatable bonds is 6. The molecule has 0 atom stereocenters. The summed E-state index contributed by atoms with van der Waals surface area (Å²) in [5, 5.41) is 13.0. The first-order chi connectivity index (χ1) is 15.6. The Labute approximate surface area is 190 Å². The van der Waals surface area contributed by atoms with Crippen molar-refractivity contribution in [2.45, 2.75) is 19.0 Å². The Kier molecular flexibility index (Phi) is 7.36. The van der Waals surface area contributed by atoms with Gasteiger partial charge in [0.25, 0.3) is 11.6 Å². The predicted octanol–water partition coefficient (Wildman–Crippen LogP) is 4.06. The summed E-state index contributed by atoms with van der Waals surface area (Å²) in [5.74, 6) is -2.21. The number of carbonyl (C=O) groups excluding carboxylic acids is 2. The van der Waals surface area contributed by atoms with E-state index in [9.17, 15) is 32.9 Å². The number of hydrogen-bond acceptors (Lipinski definition) is 7. The Hall–Kier alpha value is -3.41. The van der Waals surface area contributed by atoms with Crippen LogP contribution in [-0.4, -0.2) is 41.5 Å². The Morgan fingerprint density at radius 2 is 1.94 bits per heavy atom. The van der Waals surface area contributed by atoms with Gasteiger partial charge in [0.05, 0.1) is 21.4 Å². The largest absolute Gasteiger partial charge is 0.455 e. The molecule has 0 unspecified atom stereocenters. The molecule has 1 amide bonds. The molecule has 2 heterocycles. The van der Waals surface area contributed by atoms with E-state index < -0.39 is 46.1 Å². The highest BCUT2D eigenvalue weighted by Gasteiger charge is 2.32. The zero-order chi connectivity index (χ0) is 24.2. The number of nitro benzene ring substituents is 1. The number of pyridine rings is 1. The van der Waals surface area contributed by atoms with E-state index in [0.717, 1.165) is 0 Å². The smallest absolute Gasteiger partial charge is 0.417 e. The first-order valence-electron chi connectivity index (χ1n) is 9.74. The van der Waals surface area contributed by atoms with Crippen molar-refractivity contribution in [3.63, 3.8) is 0 Å². The summed E-state index contributed by atoms with van der Waals surface area (Å²) < 4.78 is 43.0. The molecule has 1 aliphatic heterocycles. The number of esters is 1. The number of para-hydroxylation sites is 2. The van der Waals surface area contributed by atoms with Crippen LogP contribution in [0.25, 0.3) is 0 Å². The maximum atomic E-state index is 12.6. The van der Waals surface area contributed by atoms with E-state index in [2.05, 4.69) is 10.3 Å². The number of benzene rings is 1. The molecule has 0 aliphatic carbocycles. The van der Waals surface area contributed by atoms with Crippen LogP contribution in [0.15, 0.2) is 36.5 Å². The lowest BCUT2D eigenvalue weighted by Gasteiger charge is -2.32. The molecule has 13 heteroatoms. The highest BCUT2D eigenvalue weighted by molar-refractivity contribution is 6.33. The van der Waals surface area contributed by atoms with Gasteiger partial charge < -0.3 is 15.0 Å². The molecular weight excluding hydrogens is 469 g/mol. The van der Waals surface area contributed by atoms with Crippen LogP contribution < -0.4 is 10.2 Å². The number of hydrogen-bond donors (Lipinski definition) is 1. The third-order valence-corrected chi connectivity index (χ3v) is 5.31. The zero-order valence-electron chi connectivity index (χ0n) is 17.0. The highest BCUT2D eigenvalue weighted by atomic mass is 35.5. The maximum Gasteiger partial charge on any atom is 0.417 e. The van der Waals surface area contributed by atoms with Crippen molar-refractivity contribution >= 4 is 40.7 Å².